The molecule has 0 unspecified atom stereocenters. The van der Waals surface area contributed by atoms with Crippen molar-refractivity contribution < 1.29 is 0 Å². The predicted octanol–water partition coefficient (Wildman–Crippen LogP) is 6.07. The lowest BCUT2D eigenvalue weighted by molar-refractivity contribution is 0.331. The third-order valence-corrected chi connectivity index (χ3v) is 8.03. The fraction of sp³-hybridized carbons (Fsp3) is 0.433. The highest BCUT2D eigenvalue weighted by Gasteiger charge is 2.19. The maximum Gasteiger partial charge on any atom is 0.230 e. The van der Waals surface area contributed by atoms with Crippen molar-refractivity contribution in [3.63, 3.8) is 0 Å². The number of fused-ring (bicyclic) bond motifs is 1. The van der Waals surface area contributed by atoms with Gasteiger partial charge in [-0.1, -0.05) is 6.07 Å². The molecule has 4 heterocycles. The van der Waals surface area contributed by atoms with Gasteiger partial charge in [-0.2, -0.15) is 4.98 Å². The lowest BCUT2D eigenvalue weighted by atomic mass is 10.0. The van der Waals surface area contributed by atoms with Crippen LogP contribution in [0.4, 0.5) is 17.6 Å². The van der Waals surface area contributed by atoms with Crippen molar-refractivity contribution in [2.75, 3.05) is 36.4 Å². The van der Waals surface area contributed by atoms with Gasteiger partial charge < -0.3 is 14.8 Å². The Morgan fingerprint density at radius 1 is 0.838 bits per heavy atom. The molecule has 6 rings (SSSR count). The van der Waals surface area contributed by atoms with Crippen molar-refractivity contribution in [3.05, 3.63) is 65.1 Å². The smallest absolute Gasteiger partial charge is 0.230 e. The minimum Gasteiger partial charge on any atom is -0.356 e. The predicted molar refractivity (Wildman–Crippen MR) is 151 cm³/mol. The maximum absolute atomic E-state index is 5.02. The highest BCUT2D eigenvalue weighted by atomic mass is 15.2. The van der Waals surface area contributed by atoms with Gasteiger partial charge in [-0.15, -0.1) is 0 Å². The lowest BCUT2D eigenvalue weighted by Gasteiger charge is -2.29. The number of anilines is 3. The van der Waals surface area contributed by atoms with Crippen LogP contribution in [0.2, 0.25) is 0 Å². The van der Waals surface area contributed by atoms with Crippen molar-refractivity contribution in [1.82, 2.24) is 24.4 Å². The zero-order chi connectivity index (χ0) is 25.4. The van der Waals surface area contributed by atoms with E-state index in [4.69, 9.17) is 9.97 Å². The molecule has 0 spiro atoms. The number of aromatic nitrogens is 4. The zero-order valence-electron chi connectivity index (χ0n) is 22.3. The van der Waals surface area contributed by atoms with Gasteiger partial charge in [0, 0.05) is 30.7 Å². The first kappa shape index (κ1) is 23.9. The van der Waals surface area contributed by atoms with Gasteiger partial charge in [0.2, 0.25) is 5.95 Å². The Labute approximate surface area is 219 Å². The highest BCUT2D eigenvalue weighted by molar-refractivity contribution is 5.91. The van der Waals surface area contributed by atoms with Gasteiger partial charge in [0.1, 0.15) is 12.1 Å². The van der Waals surface area contributed by atoms with E-state index in [0.29, 0.717) is 5.95 Å². The second-order valence-corrected chi connectivity index (χ2v) is 10.7. The van der Waals surface area contributed by atoms with Crippen LogP contribution in [0.15, 0.2) is 42.9 Å². The first-order valence-electron chi connectivity index (χ1n) is 13.7. The number of nitrogens with zero attached hydrogens (tertiary/aromatic N) is 6. The molecule has 2 aliphatic rings. The number of likely N-dealkylation sites (tertiary alicyclic amines) is 1. The molecule has 37 heavy (non-hydrogen) atoms. The normalized spacial score (nSPS) is 16.6. The number of aryl methyl sites for hydroxylation is 2. The van der Waals surface area contributed by atoms with Gasteiger partial charge in [0.25, 0.3) is 0 Å². The van der Waals surface area contributed by atoms with E-state index in [-0.39, 0.29) is 0 Å². The molecule has 192 valence electrons. The molecule has 7 heteroatoms. The Bertz CT molecular complexity index is 1390. The molecule has 0 radical (unpaired) electrons. The summed E-state index contributed by atoms with van der Waals surface area (Å²) in [5.74, 6) is 2.38. The van der Waals surface area contributed by atoms with E-state index in [1.165, 1.54) is 67.4 Å². The van der Waals surface area contributed by atoms with Crippen LogP contribution in [0.5, 0.6) is 0 Å². The Morgan fingerprint density at radius 2 is 1.57 bits per heavy atom. The van der Waals surface area contributed by atoms with Crippen LogP contribution in [0.1, 0.15) is 54.4 Å². The molecule has 2 fully saturated rings. The molecule has 2 aromatic carbocycles. The second-order valence-electron chi connectivity index (χ2n) is 10.7. The van der Waals surface area contributed by atoms with Crippen molar-refractivity contribution in [2.45, 2.75) is 59.4 Å². The molecule has 0 saturated carbocycles. The summed E-state index contributed by atoms with van der Waals surface area (Å²) in [5.41, 5.74) is 7.33. The van der Waals surface area contributed by atoms with Crippen LogP contribution >= 0.6 is 0 Å². The van der Waals surface area contributed by atoms with Crippen LogP contribution < -0.4 is 10.2 Å². The largest absolute Gasteiger partial charge is 0.356 e. The monoisotopic (exact) mass is 495 g/mol. The molecule has 0 aliphatic carbocycles. The Balaban J connectivity index is 1.33. The quantitative estimate of drug-likeness (QED) is 0.350. The number of rotatable bonds is 6. The number of piperidine rings is 1. The minimum atomic E-state index is 0.605. The van der Waals surface area contributed by atoms with Crippen LogP contribution in [0.3, 0.4) is 0 Å². The van der Waals surface area contributed by atoms with Gasteiger partial charge in [0.15, 0.2) is 5.82 Å². The molecule has 0 amide bonds. The van der Waals surface area contributed by atoms with E-state index in [2.05, 4.69) is 75.8 Å². The van der Waals surface area contributed by atoms with Crippen molar-refractivity contribution in [1.29, 1.82) is 0 Å². The molecule has 1 N–H and O–H groups in total. The first-order chi connectivity index (χ1) is 18.0. The van der Waals surface area contributed by atoms with Crippen LogP contribution in [-0.2, 0) is 6.54 Å². The van der Waals surface area contributed by atoms with Crippen molar-refractivity contribution in [3.8, 4) is 5.69 Å². The average molecular weight is 496 g/mol. The summed E-state index contributed by atoms with van der Waals surface area (Å²) in [6.45, 7) is 11.9. The van der Waals surface area contributed by atoms with Crippen LogP contribution in [0.25, 0.3) is 16.6 Å². The fourth-order valence-electron chi connectivity index (χ4n) is 5.66. The molecule has 0 atom stereocenters. The van der Waals surface area contributed by atoms with Gasteiger partial charge in [-0.05, 0) is 112 Å². The zero-order valence-corrected chi connectivity index (χ0v) is 22.3. The second kappa shape index (κ2) is 10.1. The Morgan fingerprint density at radius 3 is 2.32 bits per heavy atom. The third kappa shape index (κ3) is 5.05. The molecule has 2 aromatic heterocycles. The molecule has 0 bridgehead atoms. The summed E-state index contributed by atoms with van der Waals surface area (Å²) in [5, 5.41) is 4.54. The Kier molecular flexibility index (Phi) is 6.55. The summed E-state index contributed by atoms with van der Waals surface area (Å²) >= 11 is 0. The molecular formula is C30H37N7. The number of benzene rings is 2. The summed E-state index contributed by atoms with van der Waals surface area (Å²) in [4.78, 5) is 19.6. The molecular weight excluding hydrogens is 458 g/mol. The number of hydrogen-bond acceptors (Lipinski definition) is 6. The number of nitrogens with one attached hydrogen (secondary N) is 1. The van der Waals surface area contributed by atoms with E-state index in [9.17, 15) is 0 Å². The van der Waals surface area contributed by atoms with Gasteiger partial charge in [-0.25, -0.2) is 9.97 Å². The van der Waals surface area contributed by atoms with Crippen LogP contribution in [0, 0.1) is 20.8 Å². The maximum atomic E-state index is 5.02. The minimum absolute atomic E-state index is 0.605. The van der Waals surface area contributed by atoms with E-state index >= 15 is 0 Å². The first-order valence-corrected chi connectivity index (χ1v) is 13.7. The van der Waals surface area contributed by atoms with Crippen molar-refractivity contribution in [2.24, 2.45) is 0 Å². The summed E-state index contributed by atoms with van der Waals surface area (Å²) < 4.78 is 2.06. The number of imidazole rings is 1. The Hall–Kier alpha value is -3.45. The van der Waals surface area contributed by atoms with Crippen molar-refractivity contribution >= 4 is 28.5 Å². The molecule has 2 saturated heterocycles. The van der Waals surface area contributed by atoms with E-state index in [0.717, 1.165) is 47.9 Å². The fourth-order valence-corrected chi connectivity index (χ4v) is 5.66. The van der Waals surface area contributed by atoms with E-state index in [1.807, 2.05) is 12.5 Å². The van der Waals surface area contributed by atoms with Gasteiger partial charge >= 0.3 is 0 Å². The average Bonchev–Trinajstić information content (AvgIpc) is 3.59. The standard InChI is InChI=1S/C30H37N7/c1-21-15-25(16-22(2)23(21)3)37-19-28(31-20-37)33-30-32-27-17-24(18-35-11-7-8-12-35)9-10-26(27)29(34-30)36-13-5-4-6-14-36/h9-10,15-17,19-20H,4-8,11-14,18H2,1-3H3,(H,32,33,34). The molecule has 4 aromatic rings. The summed E-state index contributed by atoms with van der Waals surface area (Å²) in [6, 6.07) is 11.2. The topological polar surface area (TPSA) is 62.1 Å². The summed E-state index contributed by atoms with van der Waals surface area (Å²) in [7, 11) is 0. The summed E-state index contributed by atoms with van der Waals surface area (Å²) in [6.07, 6.45) is 10.2. The van der Waals surface area contributed by atoms with E-state index in [1.54, 1.807) is 0 Å². The number of hydrogen-bond donors (Lipinski definition) is 1. The third-order valence-electron chi connectivity index (χ3n) is 8.03. The van der Waals surface area contributed by atoms with Gasteiger partial charge in [-0.3, -0.25) is 4.90 Å². The van der Waals surface area contributed by atoms with Crippen LogP contribution in [-0.4, -0.2) is 50.6 Å². The lowest BCUT2D eigenvalue weighted by Crippen LogP contribution is -2.30. The highest BCUT2D eigenvalue weighted by Crippen LogP contribution is 2.30. The molecule has 7 nitrogen and oxygen atoms in total. The van der Waals surface area contributed by atoms with E-state index < -0.39 is 0 Å². The molecule has 2 aliphatic heterocycles. The van der Waals surface area contributed by atoms with Gasteiger partial charge in [0.05, 0.1) is 11.7 Å². The SMILES string of the molecule is Cc1cc(-n2cnc(Nc3nc(N4CCCCC4)c4ccc(CN5CCCC5)cc4n3)c2)cc(C)c1C.